The Balaban J connectivity index is 0.00000180. The van der Waals surface area contributed by atoms with E-state index in [2.05, 4.69) is 19.9 Å². The Morgan fingerprint density at radius 2 is 2.05 bits per heavy atom. The first kappa shape index (κ1) is 15.9. The van der Waals surface area contributed by atoms with Crippen molar-refractivity contribution >= 4 is 11.6 Å². The molecule has 104 valence electrons. The summed E-state index contributed by atoms with van der Waals surface area (Å²) in [5.41, 5.74) is 0.495. The second-order valence-electron chi connectivity index (χ2n) is 5.18. The molecular formula is C16H22ClNO. The third-order valence-electron chi connectivity index (χ3n) is 3.98. The Kier molecular flexibility index (Phi) is 5.69. The van der Waals surface area contributed by atoms with E-state index in [4.69, 9.17) is 21.6 Å². The fraction of sp³-hybridized carbons (Fsp3) is 0.562. The summed E-state index contributed by atoms with van der Waals surface area (Å²) in [5, 5.41) is 9.30. The lowest BCUT2D eigenvalue weighted by Gasteiger charge is -2.34. The number of hydrogen-bond acceptors (Lipinski definition) is 2. The van der Waals surface area contributed by atoms with E-state index in [0.717, 1.165) is 12.2 Å². The number of hydrogen-bond donors (Lipinski definition) is 0. The summed E-state index contributed by atoms with van der Waals surface area (Å²) in [6.45, 7) is 4.53. The van der Waals surface area contributed by atoms with Crippen LogP contribution in [0.1, 0.15) is 46.1 Å². The van der Waals surface area contributed by atoms with Gasteiger partial charge >= 0.3 is 0 Å². The van der Waals surface area contributed by atoms with Gasteiger partial charge in [-0.1, -0.05) is 39.3 Å². The van der Waals surface area contributed by atoms with Gasteiger partial charge in [-0.25, -0.2) is 0 Å². The van der Waals surface area contributed by atoms with Crippen LogP contribution in [0, 0.1) is 23.2 Å². The quantitative estimate of drug-likeness (QED) is 0.759. The summed E-state index contributed by atoms with van der Waals surface area (Å²) in [7, 11) is 0. The number of nitriles is 1. The van der Waals surface area contributed by atoms with E-state index in [1.165, 1.54) is 12.8 Å². The van der Waals surface area contributed by atoms with E-state index in [9.17, 15) is 0 Å². The first-order chi connectivity index (χ1) is 8.61. The highest BCUT2D eigenvalue weighted by atomic mass is 35.5. The van der Waals surface area contributed by atoms with Crippen LogP contribution in [-0.2, 0) is 0 Å². The van der Waals surface area contributed by atoms with Crippen molar-refractivity contribution in [3.63, 3.8) is 0 Å². The molecule has 1 aliphatic carbocycles. The Morgan fingerprint density at radius 1 is 1.32 bits per heavy atom. The van der Waals surface area contributed by atoms with Crippen molar-refractivity contribution in [3.05, 3.63) is 28.8 Å². The van der Waals surface area contributed by atoms with Crippen LogP contribution in [0.5, 0.6) is 5.75 Å². The van der Waals surface area contributed by atoms with E-state index in [1.807, 2.05) is 6.07 Å². The van der Waals surface area contributed by atoms with Gasteiger partial charge in [0.2, 0.25) is 0 Å². The van der Waals surface area contributed by atoms with Crippen molar-refractivity contribution in [1.29, 1.82) is 5.26 Å². The van der Waals surface area contributed by atoms with Crippen molar-refractivity contribution in [2.45, 2.75) is 46.6 Å². The van der Waals surface area contributed by atoms with Gasteiger partial charge in [0.05, 0.1) is 10.6 Å². The topological polar surface area (TPSA) is 33.0 Å². The first-order valence-corrected chi connectivity index (χ1v) is 6.86. The van der Waals surface area contributed by atoms with Crippen molar-refractivity contribution in [3.8, 4) is 11.8 Å². The predicted octanol–water partition coefficient (Wildman–Crippen LogP) is 5.05. The molecule has 0 radical (unpaired) electrons. The number of halogens is 1. The summed E-state index contributed by atoms with van der Waals surface area (Å²) in [6, 6.07) is 7.34. The second kappa shape index (κ2) is 6.82. The zero-order valence-corrected chi connectivity index (χ0v) is 11.6. The number of benzene rings is 1. The predicted molar refractivity (Wildman–Crippen MR) is 79.5 cm³/mol. The van der Waals surface area contributed by atoms with E-state index in [-0.39, 0.29) is 13.5 Å². The molecule has 0 aromatic heterocycles. The minimum Gasteiger partial charge on any atom is -0.490 e. The van der Waals surface area contributed by atoms with Gasteiger partial charge in [0, 0.05) is 6.07 Å². The van der Waals surface area contributed by atoms with E-state index >= 15 is 0 Å². The smallest absolute Gasteiger partial charge is 0.121 e. The number of rotatable bonds is 2. The molecule has 3 atom stereocenters. The second-order valence-corrected chi connectivity index (χ2v) is 5.58. The van der Waals surface area contributed by atoms with Crippen LogP contribution in [0.15, 0.2) is 18.2 Å². The van der Waals surface area contributed by atoms with E-state index < -0.39 is 0 Å². The normalized spacial score (nSPS) is 26.1. The van der Waals surface area contributed by atoms with Crippen LogP contribution in [0.3, 0.4) is 0 Å². The fourth-order valence-electron chi connectivity index (χ4n) is 2.53. The molecule has 1 aliphatic rings. The average molecular weight is 280 g/mol. The Bertz CT molecular complexity index is 466. The molecular weight excluding hydrogens is 258 g/mol. The van der Waals surface area contributed by atoms with E-state index in [0.29, 0.717) is 22.4 Å². The summed E-state index contributed by atoms with van der Waals surface area (Å²) in [4.78, 5) is 0. The highest BCUT2D eigenvalue weighted by molar-refractivity contribution is 6.31. The molecule has 0 spiro atoms. The van der Waals surface area contributed by atoms with Crippen LogP contribution in [0.4, 0.5) is 0 Å². The van der Waals surface area contributed by atoms with Crippen LogP contribution in [0.2, 0.25) is 5.02 Å². The highest BCUT2D eigenvalue weighted by Crippen LogP contribution is 2.33. The monoisotopic (exact) mass is 279 g/mol. The van der Waals surface area contributed by atoms with Crippen LogP contribution in [0.25, 0.3) is 0 Å². The molecule has 0 bridgehead atoms. The van der Waals surface area contributed by atoms with Gasteiger partial charge in [-0.15, -0.1) is 0 Å². The van der Waals surface area contributed by atoms with Crippen molar-refractivity contribution in [1.82, 2.24) is 0 Å². The van der Waals surface area contributed by atoms with Crippen molar-refractivity contribution in [2.24, 2.45) is 11.8 Å². The van der Waals surface area contributed by atoms with Gasteiger partial charge in [-0.2, -0.15) is 5.26 Å². The number of nitrogens with zero attached hydrogens (tertiary/aromatic N) is 1. The minimum atomic E-state index is 0. The first-order valence-electron chi connectivity index (χ1n) is 6.48. The van der Waals surface area contributed by atoms with Gasteiger partial charge in [0.25, 0.3) is 0 Å². The SMILES string of the molecule is C.CC1CCCC(Oc2ccc(C#N)c(Cl)c2)C1C. The maximum absolute atomic E-state index is 8.83. The van der Waals surface area contributed by atoms with Gasteiger partial charge in [0.15, 0.2) is 0 Å². The minimum absolute atomic E-state index is 0. The van der Waals surface area contributed by atoms with Gasteiger partial charge in [0.1, 0.15) is 17.9 Å². The molecule has 3 heteroatoms. The van der Waals surface area contributed by atoms with Crippen molar-refractivity contribution < 1.29 is 4.74 Å². The maximum Gasteiger partial charge on any atom is 0.121 e. The van der Waals surface area contributed by atoms with Crippen LogP contribution in [-0.4, -0.2) is 6.10 Å². The number of ether oxygens (including phenoxy) is 1. The average Bonchev–Trinajstić information content (AvgIpc) is 2.35. The molecule has 2 nitrogen and oxygen atoms in total. The molecule has 2 rings (SSSR count). The largest absolute Gasteiger partial charge is 0.490 e. The standard InChI is InChI=1S/C15H18ClNO.CH4/c1-10-4-3-5-15(11(10)2)18-13-7-6-12(9-17)14(16)8-13;/h6-8,10-11,15H,3-5H2,1-2H3;1H4. The molecule has 0 saturated heterocycles. The lowest BCUT2D eigenvalue weighted by atomic mass is 9.79. The molecule has 0 heterocycles. The Hall–Kier alpha value is -1.20. The summed E-state index contributed by atoms with van der Waals surface area (Å²) in [5.74, 6) is 2.04. The molecule has 0 amide bonds. The maximum atomic E-state index is 8.83. The Morgan fingerprint density at radius 3 is 2.68 bits per heavy atom. The van der Waals surface area contributed by atoms with Gasteiger partial charge in [-0.05, 0) is 36.8 Å². The molecule has 19 heavy (non-hydrogen) atoms. The lowest BCUT2D eigenvalue weighted by molar-refractivity contribution is 0.0692. The van der Waals surface area contributed by atoms with Gasteiger partial charge in [-0.3, -0.25) is 0 Å². The third kappa shape index (κ3) is 3.64. The van der Waals surface area contributed by atoms with Crippen LogP contribution >= 0.6 is 11.6 Å². The lowest BCUT2D eigenvalue weighted by Crippen LogP contribution is -2.33. The zero-order valence-electron chi connectivity index (χ0n) is 10.8. The fourth-order valence-corrected chi connectivity index (χ4v) is 2.75. The highest BCUT2D eigenvalue weighted by Gasteiger charge is 2.28. The van der Waals surface area contributed by atoms with Crippen molar-refractivity contribution in [2.75, 3.05) is 0 Å². The van der Waals surface area contributed by atoms with E-state index in [1.54, 1.807) is 12.1 Å². The summed E-state index contributed by atoms with van der Waals surface area (Å²) >= 11 is 6.01. The van der Waals surface area contributed by atoms with Gasteiger partial charge < -0.3 is 4.74 Å². The molecule has 3 unspecified atom stereocenters. The molecule has 0 aliphatic heterocycles. The summed E-state index contributed by atoms with van der Waals surface area (Å²) < 4.78 is 6.02. The molecule has 1 fully saturated rings. The molecule has 1 aromatic carbocycles. The van der Waals surface area contributed by atoms with Crippen LogP contribution < -0.4 is 4.74 Å². The summed E-state index contributed by atoms with van der Waals surface area (Å²) in [6.07, 6.45) is 3.87. The molecule has 0 N–H and O–H groups in total. The molecule has 1 saturated carbocycles. The zero-order chi connectivity index (χ0) is 13.1. The third-order valence-corrected chi connectivity index (χ3v) is 4.29. The molecule has 1 aromatic rings. The Labute approximate surface area is 121 Å².